The van der Waals surface area contributed by atoms with E-state index >= 15 is 0 Å². The van der Waals surface area contributed by atoms with Crippen molar-refractivity contribution in [1.29, 1.82) is 0 Å². The van der Waals surface area contributed by atoms with Gasteiger partial charge in [0.15, 0.2) is 0 Å². The molecule has 2 amide bonds. The Bertz CT molecular complexity index is 759. The monoisotopic (exact) mass is 344 g/mol. The van der Waals surface area contributed by atoms with Crippen molar-refractivity contribution >= 4 is 23.4 Å². The quantitative estimate of drug-likeness (QED) is 0.871. The maximum Gasteiger partial charge on any atom is 0.251 e. The van der Waals surface area contributed by atoms with Gasteiger partial charge in [-0.25, -0.2) is 0 Å². The van der Waals surface area contributed by atoms with Crippen LogP contribution in [0.4, 0.5) is 0 Å². The lowest BCUT2D eigenvalue weighted by molar-refractivity contribution is -0.120. The molecule has 2 aromatic carbocycles. The van der Waals surface area contributed by atoms with Crippen LogP contribution in [0, 0.1) is 13.8 Å². The fraction of sp³-hybridized carbons (Fsp3) is 0.263. The number of hydrogen-bond acceptors (Lipinski definition) is 2. The number of halogens is 1. The topological polar surface area (TPSA) is 58.2 Å². The van der Waals surface area contributed by atoms with Crippen LogP contribution in [0.3, 0.4) is 0 Å². The summed E-state index contributed by atoms with van der Waals surface area (Å²) in [7, 11) is 0. The molecule has 0 fully saturated rings. The Labute approximate surface area is 147 Å². The van der Waals surface area contributed by atoms with Crippen LogP contribution in [-0.2, 0) is 4.79 Å². The van der Waals surface area contributed by atoms with E-state index in [1.165, 1.54) is 0 Å². The molecule has 0 saturated carbocycles. The third-order valence-electron chi connectivity index (χ3n) is 3.93. The number of benzene rings is 2. The van der Waals surface area contributed by atoms with E-state index in [0.29, 0.717) is 10.6 Å². The van der Waals surface area contributed by atoms with E-state index in [1.54, 1.807) is 12.1 Å². The third-order valence-corrected chi connectivity index (χ3v) is 4.27. The van der Waals surface area contributed by atoms with Crippen molar-refractivity contribution in [2.45, 2.75) is 26.8 Å². The molecule has 0 aliphatic carbocycles. The van der Waals surface area contributed by atoms with E-state index in [0.717, 1.165) is 16.7 Å². The Morgan fingerprint density at radius 3 is 2.46 bits per heavy atom. The maximum atomic E-state index is 12.1. The van der Waals surface area contributed by atoms with Gasteiger partial charge in [-0.15, -0.1) is 0 Å². The lowest BCUT2D eigenvalue weighted by atomic mass is 10.1. The first kappa shape index (κ1) is 18.0. The van der Waals surface area contributed by atoms with E-state index in [-0.39, 0.29) is 24.4 Å². The summed E-state index contributed by atoms with van der Waals surface area (Å²) in [4.78, 5) is 24.1. The van der Waals surface area contributed by atoms with E-state index in [1.807, 2.05) is 51.1 Å². The molecule has 0 radical (unpaired) electrons. The second-order valence-corrected chi connectivity index (χ2v) is 6.20. The molecule has 1 unspecified atom stereocenters. The van der Waals surface area contributed by atoms with Gasteiger partial charge in [0, 0.05) is 10.6 Å². The third kappa shape index (κ3) is 4.59. The largest absolute Gasteiger partial charge is 0.348 e. The molecule has 1 atom stereocenters. The molecule has 0 bridgehead atoms. The smallest absolute Gasteiger partial charge is 0.251 e. The average molecular weight is 345 g/mol. The minimum absolute atomic E-state index is 0.0828. The van der Waals surface area contributed by atoms with Gasteiger partial charge < -0.3 is 10.6 Å². The molecule has 2 N–H and O–H groups in total. The molecular weight excluding hydrogens is 324 g/mol. The molecule has 24 heavy (non-hydrogen) atoms. The van der Waals surface area contributed by atoms with Crippen LogP contribution in [0.5, 0.6) is 0 Å². The van der Waals surface area contributed by atoms with Gasteiger partial charge in [-0.2, -0.15) is 0 Å². The summed E-state index contributed by atoms with van der Waals surface area (Å²) in [5, 5.41) is 6.06. The van der Waals surface area contributed by atoms with Crippen molar-refractivity contribution in [3.05, 3.63) is 69.7 Å². The first-order chi connectivity index (χ1) is 11.4. The first-order valence-corrected chi connectivity index (χ1v) is 8.15. The van der Waals surface area contributed by atoms with Gasteiger partial charge in [0.2, 0.25) is 5.91 Å². The Kier molecular flexibility index (Phi) is 5.99. The van der Waals surface area contributed by atoms with Gasteiger partial charge in [-0.1, -0.05) is 35.9 Å². The first-order valence-electron chi connectivity index (χ1n) is 7.77. The predicted octanol–water partition coefficient (Wildman–Crippen LogP) is 3.56. The summed E-state index contributed by atoms with van der Waals surface area (Å²) in [6.07, 6.45) is 0. The predicted molar refractivity (Wildman–Crippen MR) is 96.3 cm³/mol. The van der Waals surface area contributed by atoms with Crippen LogP contribution in [-0.4, -0.2) is 18.4 Å². The standard InChI is InChI=1S/C19H21ClN2O2/c1-12-8-9-15(10-13(12)2)19(24)21-11-18(23)22-14(3)16-6-4-5-7-17(16)20/h4-10,14H,11H2,1-3H3,(H,21,24)(H,22,23). The van der Waals surface area contributed by atoms with Crippen molar-refractivity contribution < 1.29 is 9.59 Å². The number of amides is 2. The molecule has 5 heteroatoms. The van der Waals surface area contributed by atoms with E-state index in [4.69, 9.17) is 11.6 Å². The van der Waals surface area contributed by atoms with Gasteiger partial charge in [0.1, 0.15) is 0 Å². The molecule has 0 heterocycles. The highest BCUT2D eigenvalue weighted by molar-refractivity contribution is 6.31. The Morgan fingerprint density at radius 2 is 1.79 bits per heavy atom. The number of nitrogens with one attached hydrogen (secondary N) is 2. The Balaban J connectivity index is 1.89. The lowest BCUT2D eigenvalue weighted by Gasteiger charge is -2.16. The zero-order valence-electron chi connectivity index (χ0n) is 14.0. The van der Waals surface area contributed by atoms with Gasteiger partial charge in [-0.05, 0) is 55.7 Å². The zero-order chi connectivity index (χ0) is 17.7. The molecule has 126 valence electrons. The highest BCUT2D eigenvalue weighted by atomic mass is 35.5. The SMILES string of the molecule is Cc1ccc(C(=O)NCC(=O)NC(C)c2ccccc2Cl)cc1C. The van der Waals surface area contributed by atoms with Crippen molar-refractivity contribution in [3.63, 3.8) is 0 Å². The summed E-state index contributed by atoms with van der Waals surface area (Å²) in [5.41, 5.74) is 3.55. The van der Waals surface area contributed by atoms with Gasteiger partial charge in [0.25, 0.3) is 5.91 Å². The molecule has 4 nitrogen and oxygen atoms in total. The van der Waals surface area contributed by atoms with Gasteiger partial charge in [-0.3, -0.25) is 9.59 Å². The van der Waals surface area contributed by atoms with E-state index in [2.05, 4.69) is 10.6 Å². The molecule has 2 rings (SSSR count). The van der Waals surface area contributed by atoms with Crippen LogP contribution < -0.4 is 10.6 Å². The number of hydrogen-bond donors (Lipinski definition) is 2. The van der Waals surface area contributed by atoms with E-state index in [9.17, 15) is 9.59 Å². The summed E-state index contributed by atoms with van der Waals surface area (Å²) in [6, 6.07) is 12.6. The van der Waals surface area contributed by atoms with E-state index < -0.39 is 0 Å². The summed E-state index contributed by atoms with van der Waals surface area (Å²) < 4.78 is 0. The van der Waals surface area contributed by atoms with Crippen LogP contribution in [0.1, 0.15) is 40.0 Å². The summed E-state index contributed by atoms with van der Waals surface area (Å²) >= 11 is 6.12. The highest BCUT2D eigenvalue weighted by Gasteiger charge is 2.13. The van der Waals surface area contributed by atoms with Crippen LogP contribution >= 0.6 is 11.6 Å². The molecule has 0 aliphatic rings. The normalized spacial score (nSPS) is 11.7. The zero-order valence-corrected chi connectivity index (χ0v) is 14.8. The second kappa shape index (κ2) is 7.97. The number of carbonyl (C=O) groups is 2. The number of aryl methyl sites for hydroxylation is 2. The maximum absolute atomic E-state index is 12.1. The minimum atomic E-state index is -0.265. The fourth-order valence-corrected chi connectivity index (χ4v) is 2.64. The highest BCUT2D eigenvalue weighted by Crippen LogP contribution is 2.21. The molecule has 0 aliphatic heterocycles. The molecule has 2 aromatic rings. The molecule has 0 saturated heterocycles. The van der Waals surface area contributed by atoms with Crippen molar-refractivity contribution in [2.75, 3.05) is 6.54 Å². The Hall–Kier alpha value is -2.33. The number of carbonyl (C=O) groups excluding carboxylic acids is 2. The minimum Gasteiger partial charge on any atom is -0.348 e. The summed E-state index contributed by atoms with van der Waals surface area (Å²) in [6.45, 7) is 5.70. The van der Waals surface area contributed by atoms with Crippen LogP contribution in [0.2, 0.25) is 5.02 Å². The van der Waals surface area contributed by atoms with Crippen molar-refractivity contribution in [3.8, 4) is 0 Å². The lowest BCUT2D eigenvalue weighted by Crippen LogP contribution is -2.38. The fourth-order valence-electron chi connectivity index (χ4n) is 2.34. The molecule has 0 spiro atoms. The average Bonchev–Trinajstić information content (AvgIpc) is 2.55. The van der Waals surface area contributed by atoms with Crippen LogP contribution in [0.15, 0.2) is 42.5 Å². The molecular formula is C19H21ClN2O2. The number of rotatable bonds is 5. The van der Waals surface area contributed by atoms with Crippen molar-refractivity contribution in [1.82, 2.24) is 10.6 Å². The second-order valence-electron chi connectivity index (χ2n) is 5.79. The Morgan fingerprint density at radius 1 is 1.08 bits per heavy atom. The van der Waals surface area contributed by atoms with Gasteiger partial charge in [0.05, 0.1) is 12.6 Å². The van der Waals surface area contributed by atoms with Gasteiger partial charge >= 0.3 is 0 Å². The molecule has 0 aromatic heterocycles. The summed E-state index contributed by atoms with van der Waals surface area (Å²) in [5.74, 6) is -0.529. The van der Waals surface area contributed by atoms with Crippen molar-refractivity contribution in [2.24, 2.45) is 0 Å². The van der Waals surface area contributed by atoms with Crippen LogP contribution in [0.25, 0.3) is 0 Å².